The van der Waals surface area contributed by atoms with E-state index in [1.165, 1.54) is 0 Å². The number of hydrogen-bond donors (Lipinski definition) is 1. The van der Waals surface area contributed by atoms with Crippen molar-refractivity contribution in [1.82, 2.24) is 20.0 Å². The molecule has 1 saturated carbocycles. The van der Waals surface area contributed by atoms with Gasteiger partial charge in [-0.05, 0) is 25.3 Å². The Labute approximate surface area is 124 Å². The SMILES string of the molecule is CCC1NC(=O)C2(CCCC2)N(Cc2ccn(C)n2)C1=O. The van der Waals surface area contributed by atoms with Crippen LogP contribution < -0.4 is 5.32 Å². The summed E-state index contributed by atoms with van der Waals surface area (Å²) in [6.45, 7) is 2.35. The third-order valence-corrected chi connectivity index (χ3v) is 4.74. The van der Waals surface area contributed by atoms with Gasteiger partial charge in [0.15, 0.2) is 0 Å². The normalized spacial score (nSPS) is 24.7. The highest BCUT2D eigenvalue weighted by atomic mass is 16.2. The summed E-state index contributed by atoms with van der Waals surface area (Å²) in [6.07, 6.45) is 6.00. The quantitative estimate of drug-likeness (QED) is 0.902. The van der Waals surface area contributed by atoms with Gasteiger partial charge in [0.05, 0.1) is 12.2 Å². The molecule has 2 fully saturated rings. The molecule has 0 bridgehead atoms. The molecule has 1 aliphatic carbocycles. The zero-order chi connectivity index (χ0) is 15.0. The van der Waals surface area contributed by atoms with Crippen molar-refractivity contribution >= 4 is 11.8 Å². The largest absolute Gasteiger partial charge is 0.342 e. The lowest BCUT2D eigenvalue weighted by Gasteiger charge is -2.46. The molecular weight excluding hydrogens is 268 g/mol. The van der Waals surface area contributed by atoms with Crippen LogP contribution in [0.15, 0.2) is 12.3 Å². The van der Waals surface area contributed by atoms with Crippen LogP contribution in [0.3, 0.4) is 0 Å². The summed E-state index contributed by atoms with van der Waals surface area (Å²) in [4.78, 5) is 27.1. The van der Waals surface area contributed by atoms with Crippen molar-refractivity contribution in [3.8, 4) is 0 Å². The van der Waals surface area contributed by atoms with Gasteiger partial charge in [-0.2, -0.15) is 5.10 Å². The molecule has 2 amide bonds. The van der Waals surface area contributed by atoms with Gasteiger partial charge in [-0.15, -0.1) is 0 Å². The Morgan fingerprint density at radius 1 is 1.38 bits per heavy atom. The van der Waals surface area contributed by atoms with Gasteiger partial charge in [0.1, 0.15) is 11.6 Å². The minimum absolute atomic E-state index is 0.0161. The molecule has 1 saturated heterocycles. The van der Waals surface area contributed by atoms with Crippen molar-refractivity contribution in [2.24, 2.45) is 7.05 Å². The van der Waals surface area contributed by atoms with Crippen LogP contribution in [0.25, 0.3) is 0 Å². The van der Waals surface area contributed by atoms with Crippen molar-refractivity contribution in [2.75, 3.05) is 0 Å². The zero-order valence-corrected chi connectivity index (χ0v) is 12.6. The molecule has 6 nitrogen and oxygen atoms in total. The number of aryl methyl sites for hydroxylation is 1. The second-order valence-corrected chi connectivity index (χ2v) is 6.08. The molecular formula is C15H22N4O2. The number of piperazine rings is 1. The molecule has 1 N–H and O–H groups in total. The van der Waals surface area contributed by atoms with E-state index in [9.17, 15) is 9.59 Å². The van der Waals surface area contributed by atoms with Gasteiger partial charge in [0, 0.05) is 13.2 Å². The Hall–Kier alpha value is -1.85. The molecule has 0 radical (unpaired) electrons. The molecule has 6 heteroatoms. The Balaban J connectivity index is 1.93. The smallest absolute Gasteiger partial charge is 0.246 e. The van der Waals surface area contributed by atoms with Crippen LogP contribution in [0.2, 0.25) is 0 Å². The van der Waals surface area contributed by atoms with Crippen LogP contribution >= 0.6 is 0 Å². The van der Waals surface area contributed by atoms with Gasteiger partial charge in [-0.3, -0.25) is 14.3 Å². The van der Waals surface area contributed by atoms with E-state index in [1.807, 2.05) is 26.2 Å². The van der Waals surface area contributed by atoms with Gasteiger partial charge in [-0.1, -0.05) is 19.8 Å². The van der Waals surface area contributed by atoms with E-state index in [-0.39, 0.29) is 11.8 Å². The van der Waals surface area contributed by atoms with Crippen LogP contribution in [0.4, 0.5) is 0 Å². The van der Waals surface area contributed by atoms with E-state index in [0.29, 0.717) is 13.0 Å². The number of carbonyl (C=O) groups is 2. The third kappa shape index (κ3) is 2.22. The first-order valence-corrected chi connectivity index (χ1v) is 7.68. The second kappa shape index (κ2) is 5.16. The third-order valence-electron chi connectivity index (χ3n) is 4.74. The molecule has 2 aliphatic rings. The minimum Gasteiger partial charge on any atom is -0.342 e. The van der Waals surface area contributed by atoms with Gasteiger partial charge in [0.2, 0.25) is 11.8 Å². The van der Waals surface area contributed by atoms with E-state index >= 15 is 0 Å². The van der Waals surface area contributed by atoms with Crippen molar-refractivity contribution in [2.45, 2.75) is 57.2 Å². The molecule has 3 rings (SSSR count). The van der Waals surface area contributed by atoms with Crippen LogP contribution in [-0.4, -0.2) is 38.1 Å². The lowest BCUT2D eigenvalue weighted by Crippen LogP contribution is -2.69. The lowest BCUT2D eigenvalue weighted by molar-refractivity contribution is -0.158. The molecule has 1 aromatic rings. The van der Waals surface area contributed by atoms with Crippen LogP contribution in [-0.2, 0) is 23.2 Å². The Kier molecular flexibility index (Phi) is 3.47. The van der Waals surface area contributed by atoms with Gasteiger partial charge in [-0.25, -0.2) is 0 Å². The summed E-state index contributed by atoms with van der Waals surface area (Å²) >= 11 is 0. The van der Waals surface area contributed by atoms with Gasteiger partial charge >= 0.3 is 0 Å². The molecule has 0 aromatic carbocycles. The molecule has 1 atom stereocenters. The molecule has 2 heterocycles. The minimum atomic E-state index is -0.653. The zero-order valence-electron chi connectivity index (χ0n) is 12.6. The average molecular weight is 290 g/mol. The van der Waals surface area contributed by atoms with Crippen molar-refractivity contribution < 1.29 is 9.59 Å². The highest BCUT2D eigenvalue weighted by Gasteiger charge is 2.53. The number of rotatable bonds is 3. The first kappa shape index (κ1) is 14.1. The Morgan fingerprint density at radius 3 is 2.67 bits per heavy atom. The molecule has 1 aromatic heterocycles. The first-order chi connectivity index (χ1) is 10.1. The fourth-order valence-corrected chi connectivity index (χ4v) is 3.55. The van der Waals surface area contributed by atoms with E-state index in [0.717, 1.165) is 31.4 Å². The highest BCUT2D eigenvalue weighted by Crippen LogP contribution is 2.39. The molecule has 1 spiro atoms. The summed E-state index contributed by atoms with van der Waals surface area (Å²) < 4.78 is 1.72. The number of nitrogens with zero attached hydrogens (tertiary/aromatic N) is 3. The number of carbonyl (C=O) groups excluding carboxylic acids is 2. The second-order valence-electron chi connectivity index (χ2n) is 6.08. The van der Waals surface area contributed by atoms with E-state index in [4.69, 9.17) is 0 Å². The van der Waals surface area contributed by atoms with Crippen LogP contribution in [0.5, 0.6) is 0 Å². The van der Waals surface area contributed by atoms with E-state index in [2.05, 4.69) is 10.4 Å². The molecule has 1 aliphatic heterocycles. The topological polar surface area (TPSA) is 67.2 Å². The van der Waals surface area contributed by atoms with Crippen molar-refractivity contribution in [3.05, 3.63) is 18.0 Å². The standard InChI is InChI=1S/C15H22N4O2/c1-3-12-13(20)19(10-11-6-9-18(2)17-11)15(14(21)16-12)7-4-5-8-15/h6,9,12H,3-5,7-8,10H2,1-2H3,(H,16,21). The monoisotopic (exact) mass is 290 g/mol. The van der Waals surface area contributed by atoms with E-state index < -0.39 is 11.6 Å². The molecule has 1 unspecified atom stereocenters. The average Bonchev–Trinajstić information content (AvgIpc) is 3.09. The number of nitrogens with one attached hydrogen (secondary N) is 1. The van der Waals surface area contributed by atoms with Crippen LogP contribution in [0.1, 0.15) is 44.7 Å². The van der Waals surface area contributed by atoms with Gasteiger partial charge < -0.3 is 10.2 Å². The number of hydrogen-bond acceptors (Lipinski definition) is 3. The maximum Gasteiger partial charge on any atom is 0.246 e. The Bertz CT molecular complexity index is 560. The maximum atomic E-state index is 12.8. The summed E-state index contributed by atoms with van der Waals surface area (Å²) in [5, 5.41) is 7.27. The predicted molar refractivity (Wildman–Crippen MR) is 77.2 cm³/mol. The van der Waals surface area contributed by atoms with Crippen LogP contribution in [0, 0.1) is 0 Å². The fraction of sp³-hybridized carbons (Fsp3) is 0.667. The molecule has 21 heavy (non-hydrogen) atoms. The van der Waals surface area contributed by atoms with Crippen molar-refractivity contribution in [1.29, 1.82) is 0 Å². The van der Waals surface area contributed by atoms with Gasteiger partial charge in [0.25, 0.3) is 0 Å². The first-order valence-electron chi connectivity index (χ1n) is 7.68. The van der Waals surface area contributed by atoms with Crippen molar-refractivity contribution in [3.63, 3.8) is 0 Å². The summed E-state index contributed by atoms with van der Waals surface area (Å²) in [5.41, 5.74) is 0.182. The Morgan fingerprint density at radius 2 is 2.10 bits per heavy atom. The lowest BCUT2D eigenvalue weighted by atomic mass is 9.88. The summed E-state index contributed by atoms with van der Waals surface area (Å²) in [7, 11) is 1.86. The summed E-state index contributed by atoms with van der Waals surface area (Å²) in [5.74, 6) is 0.0482. The van der Waals surface area contributed by atoms with E-state index in [1.54, 1.807) is 9.58 Å². The molecule has 114 valence electrons. The summed E-state index contributed by atoms with van der Waals surface area (Å²) in [6, 6.07) is 1.51. The highest BCUT2D eigenvalue weighted by molar-refractivity contribution is 6.00. The number of amides is 2. The number of aromatic nitrogens is 2. The fourth-order valence-electron chi connectivity index (χ4n) is 3.55. The predicted octanol–water partition coefficient (Wildman–Crippen LogP) is 0.970. The maximum absolute atomic E-state index is 12.8.